The third-order valence-corrected chi connectivity index (χ3v) is 6.71. The predicted octanol–water partition coefficient (Wildman–Crippen LogP) is 4.31. The number of fused-ring (bicyclic) bond motifs is 1. The summed E-state index contributed by atoms with van der Waals surface area (Å²) in [5, 5.41) is 10.7. The van der Waals surface area contributed by atoms with Gasteiger partial charge < -0.3 is 14.6 Å². The quantitative estimate of drug-likeness (QED) is 0.482. The van der Waals surface area contributed by atoms with Crippen molar-refractivity contribution in [3.63, 3.8) is 0 Å². The summed E-state index contributed by atoms with van der Waals surface area (Å²) in [5.41, 5.74) is 2.24. The lowest BCUT2D eigenvalue weighted by Crippen LogP contribution is -2.37. The molecule has 0 aromatic heterocycles. The van der Waals surface area contributed by atoms with E-state index in [1.54, 1.807) is 0 Å². The number of aliphatic hydroxyl groups excluding tert-OH is 1. The first-order chi connectivity index (χ1) is 15.2. The highest BCUT2D eigenvalue weighted by Gasteiger charge is 2.50. The molecule has 0 bridgehead atoms. The predicted molar refractivity (Wildman–Crippen MR) is 117 cm³/mol. The standard InChI is InChI=1S/C27H26O4/c28-24-17-25-22(16-26(29)31-25)23(24)18-30-27(19-10-4-1-5-11-19,20-12-6-2-7-13-20)21-14-8-3-9-15-21/h1-15,22-25,28H,16-18H2/t22?,23-,24-,25+/m1/s1. The number of carbonyl (C=O) groups excluding carboxylic acids is 1. The van der Waals surface area contributed by atoms with Gasteiger partial charge in [-0.15, -0.1) is 0 Å². The smallest absolute Gasteiger partial charge is 0.306 e. The molecule has 158 valence electrons. The number of rotatable bonds is 6. The molecule has 2 aliphatic rings. The van der Waals surface area contributed by atoms with E-state index < -0.39 is 11.7 Å². The first-order valence-electron chi connectivity index (χ1n) is 10.9. The summed E-state index contributed by atoms with van der Waals surface area (Å²) in [6.45, 7) is 0.331. The average molecular weight is 415 g/mol. The van der Waals surface area contributed by atoms with E-state index in [0.717, 1.165) is 16.7 Å². The fraction of sp³-hybridized carbons (Fsp3) is 0.296. The van der Waals surface area contributed by atoms with E-state index in [1.165, 1.54) is 0 Å². The Bertz CT molecular complexity index is 922. The van der Waals surface area contributed by atoms with Crippen LogP contribution in [0.1, 0.15) is 29.5 Å². The Morgan fingerprint density at radius 1 is 0.839 bits per heavy atom. The summed E-state index contributed by atoms with van der Waals surface area (Å²) < 4.78 is 12.3. The van der Waals surface area contributed by atoms with Gasteiger partial charge in [-0.3, -0.25) is 4.79 Å². The van der Waals surface area contributed by atoms with Gasteiger partial charge >= 0.3 is 5.97 Å². The molecule has 1 saturated heterocycles. The molecule has 31 heavy (non-hydrogen) atoms. The Hall–Kier alpha value is -2.95. The number of esters is 1. The van der Waals surface area contributed by atoms with Gasteiger partial charge in [0.25, 0.3) is 0 Å². The van der Waals surface area contributed by atoms with Crippen molar-refractivity contribution in [2.24, 2.45) is 11.8 Å². The lowest BCUT2D eigenvalue weighted by molar-refractivity contribution is -0.141. The van der Waals surface area contributed by atoms with E-state index in [2.05, 4.69) is 36.4 Å². The topological polar surface area (TPSA) is 55.8 Å². The molecular formula is C27H26O4. The molecule has 1 unspecified atom stereocenters. The van der Waals surface area contributed by atoms with Crippen molar-refractivity contribution in [3.05, 3.63) is 108 Å². The lowest BCUT2D eigenvalue weighted by Gasteiger charge is -2.37. The number of carbonyl (C=O) groups is 1. The third kappa shape index (κ3) is 3.56. The van der Waals surface area contributed by atoms with Crippen LogP contribution in [-0.2, 0) is 19.9 Å². The highest BCUT2D eigenvalue weighted by Crippen LogP contribution is 2.45. The number of hydrogen-bond acceptors (Lipinski definition) is 4. The van der Waals surface area contributed by atoms with Crippen LogP contribution in [0.25, 0.3) is 0 Å². The lowest BCUT2D eigenvalue weighted by atomic mass is 9.79. The van der Waals surface area contributed by atoms with E-state index in [4.69, 9.17) is 9.47 Å². The minimum atomic E-state index is -0.828. The molecule has 4 nitrogen and oxygen atoms in total. The largest absolute Gasteiger partial charge is 0.462 e. The second-order valence-electron chi connectivity index (χ2n) is 8.45. The van der Waals surface area contributed by atoms with E-state index in [-0.39, 0.29) is 23.9 Å². The fourth-order valence-corrected chi connectivity index (χ4v) is 5.20. The van der Waals surface area contributed by atoms with Gasteiger partial charge in [-0.1, -0.05) is 91.0 Å². The van der Waals surface area contributed by atoms with Gasteiger partial charge in [0.1, 0.15) is 11.7 Å². The summed E-state index contributed by atoms with van der Waals surface area (Å²) in [6, 6.07) is 30.6. The Balaban J connectivity index is 1.58. The van der Waals surface area contributed by atoms with Crippen LogP contribution in [0.2, 0.25) is 0 Å². The highest BCUT2D eigenvalue weighted by molar-refractivity contribution is 5.72. The molecule has 0 spiro atoms. The number of ether oxygens (including phenoxy) is 2. The first-order valence-corrected chi connectivity index (χ1v) is 10.9. The van der Waals surface area contributed by atoms with Gasteiger partial charge in [0.05, 0.1) is 19.1 Å². The molecule has 3 aromatic rings. The molecule has 2 fully saturated rings. The van der Waals surface area contributed by atoms with Gasteiger partial charge in [-0.25, -0.2) is 0 Å². The molecular weight excluding hydrogens is 388 g/mol. The fourth-order valence-electron chi connectivity index (χ4n) is 5.20. The summed E-state index contributed by atoms with van der Waals surface area (Å²) in [6.07, 6.45) is 0.100. The maximum Gasteiger partial charge on any atom is 0.306 e. The monoisotopic (exact) mass is 414 g/mol. The van der Waals surface area contributed by atoms with Gasteiger partial charge in [0, 0.05) is 18.3 Å². The van der Waals surface area contributed by atoms with Crippen LogP contribution in [0.3, 0.4) is 0 Å². The number of hydrogen-bond donors (Lipinski definition) is 1. The maximum absolute atomic E-state index is 11.8. The van der Waals surface area contributed by atoms with Gasteiger partial charge in [-0.05, 0) is 16.7 Å². The van der Waals surface area contributed by atoms with Crippen molar-refractivity contribution in [2.75, 3.05) is 6.61 Å². The highest BCUT2D eigenvalue weighted by atomic mass is 16.6. The van der Waals surface area contributed by atoms with Gasteiger partial charge in [0.2, 0.25) is 0 Å². The van der Waals surface area contributed by atoms with Gasteiger partial charge in [0.15, 0.2) is 0 Å². The number of aliphatic hydroxyl groups is 1. The van der Waals surface area contributed by atoms with Crippen LogP contribution < -0.4 is 0 Å². The zero-order chi connectivity index (χ0) is 21.3. The molecule has 1 N–H and O–H groups in total. The summed E-state index contributed by atoms with van der Waals surface area (Å²) in [4.78, 5) is 11.8. The maximum atomic E-state index is 11.8. The number of benzene rings is 3. The minimum Gasteiger partial charge on any atom is -0.462 e. The van der Waals surface area contributed by atoms with E-state index in [1.807, 2.05) is 54.6 Å². The van der Waals surface area contributed by atoms with E-state index in [0.29, 0.717) is 19.4 Å². The van der Waals surface area contributed by atoms with Crippen LogP contribution >= 0.6 is 0 Å². The molecule has 0 radical (unpaired) electrons. The molecule has 1 heterocycles. The van der Waals surface area contributed by atoms with Crippen molar-refractivity contribution in [1.29, 1.82) is 0 Å². The molecule has 4 atom stereocenters. The summed E-state index contributed by atoms with van der Waals surface area (Å²) >= 11 is 0. The average Bonchev–Trinajstić information content (AvgIpc) is 3.31. The second-order valence-corrected chi connectivity index (χ2v) is 8.45. The summed E-state index contributed by atoms with van der Waals surface area (Å²) in [5.74, 6) is -0.318. The molecule has 4 heteroatoms. The molecule has 0 amide bonds. The first kappa shape index (κ1) is 20.0. The van der Waals surface area contributed by atoms with Crippen LogP contribution in [0.4, 0.5) is 0 Å². The van der Waals surface area contributed by atoms with Gasteiger partial charge in [-0.2, -0.15) is 0 Å². The normalized spacial score (nSPS) is 25.3. The van der Waals surface area contributed by atoms with Crippen LogP contribution in [0.5, 0.6) is 0 Å². The van der Waals surface area contributed by atoms with Crippen LogP contribution in [-0.4, -0.2) is 29.9 Å². The molecule has 1 aliphatic carbocycles. The SMILES string of the molecule is O=C1CC2[C@H](C[C@@H](O)[C@@H]2COC(c2ccccc2)(c2ccccc2)c2ccccc2)O1. The van der Waals surface area contributed by atoms with E-state index >= 15 is 0 Å². The van der Waals surface area contributed by atoms with Crippen molar-refractivity contribution in [1.82, 2.24) is 0 Å². The Labute approximate surface area is 182 Å². The Morgan fingerprint density at radius 2 is 1.32 bits per heavy atom. The van der Waals surface area contributed by atoms with Crippen LogP contribution in [0.15, 0.2) is 91.0 Å². The molecule has 1 aliphatic heterocycles. The van der Waals surface area contributed by atoms with Crippen molar-refractivity contribution in [3.8, 4) is 0 Å². The second kappa shape index (κ2) is 8.29. The summed E-state index contributed by atoms with van der Waals surface area (Å²) in [7, 11) is 0. The van der Waals surface area contributed by atoms with Crippen molar-refractivity contribution in [2.45, 2.75) is 30.7 Å². The Kier molecular flexibility index (Phi) is 5.34. The third-order valence-electron chi connectivity index (χ3n) is 6.71. The van der Waals surface area contributed by atoms with Crippen molar-refractivity contribution < 1.29 is 19.4 Å². The molecule has 1 saturated carbocycles. The molecule has 3 aromatic carbocycles. The zero-order valence-electron chi connectivity index (χ0n) is 17.3. The minimum absolute atomic E-state index is 0.00233. The van der Waals surface area contributed by atoms with Crippen LogP contribution in [0, 0.1) is 11.8 Å². The van der Waals surface area contributed by atoms with Crippen molar-refractivity contribution >= 4 is 5.97 Å². The van der Waals surface area contributed by atoms with E-state index in [9.17, 15) is 9.90 Å². The zero-order valence-corrected chi connectivity index (χ0v) is 17.3. The Morgan fingerprint density at radius 3 is 1.81 bits per heavy atom. The molecule has 5 rings (SSSR count).